The van der Waals surface area contributed by atoms with E-state index in [4.69, 9.17) is 0 Å². The zero-order chi connectivity index (χ0) is 18.0. The Balaban J connectivity index is 2.27. The van der Waals surface area contributed by atoms with Gasteiger partial charge < -0.3 is 5.32 Å². The van der Waals surface area contributed by atoms with E-state index in [-0.39, 0.29) is 17.4 Å². The maximum absolute atomic E-state index is 12.1. The molecule has 1 aromatic carbocycles. The number of hydrogen-bond donors (Lipinski definition) is 2. The molecule has 2 N–H and O–H groups in total. The summed E-state index contributed by atoms with van der Waals surface area (Å²) in [6.45, 7) is 4.01. The minimum Gasteiger partial charge on any atom is -0.353 e. The fraction of sp³-hybridized carbons (Fsp3) is 0.222. The molecule has 7 heteroatoms. The zero-order valence-corrected chi connectivity index (χ0v) is 15.0. The summed E-state index contributed by atoms with van der Waals surface area (Å²) in [5.74, 6) is -0.136. The van der Waals surface area contributed by atoms with Crippen LogP contribution in [0.2, 0.25) is 0 Å². The van der Waals surface area contributed by atoms with Crippen LogP contribution < -0.4 is 10.9 Å². The van der Waals surface area contributed by atoms with Crippen molar-refractivity contribution in [2.24, 2.45) is 0 Å². The molecule has 0 aliphatic rings. The number of aromatic nitrogens is 3. The molecule has 25 heavy (non-hydrogen) atoms. The molecule has 0 bridgehead atoms. The second-order valence-electron chi connectivity index (χ2n) is 5.83. The summed E-state index contributed by atoms with van der Waals surface area (Å²) in [7, 11) is 1.57. The van der Waals surface area contributed by atoms with Crippen LogP contribution in [0.15, 0.2) is 41.2 Å². The molecule has 2 heterocycles. The summed E-state index contributed by atoms with van der Waals surface area (Å²) in [5.41, 5.74) is 2.82. The smallest absolute Gasteiger partial charge is 0.280 e. The molecule has 0 saturated carbocycles. The van der Waals surface area contributed by atoms with E-state index in [0.29, 0.717) is 16.4 Å². The molecule has 6 nitrogen and oxygen atoms in total. The molecule has 0 radical (unpaired) electrons. The van der Waals surface area contributed by atoms with Crippen molar-refractivity contribution in [3.8, 4) is 21.8 Å². The number of nitrogens with zero attached hydrogens (tertiary/aromatic N) is 2. The van der Waals surface area contributed by atoms with Crippen LogP contribution in [0.25, 0.3) is 21.8 Å². The summed E-state index contributed by atoms with van der Waals surface area (Å²) >= 11 is 1.27. The number of hydrogen-bond acceptors (Lipinski definition) is 5. The lowest BCUT2D eigenvalue weighted by Gasteiger charge is -2.10. The third-order valence-corrected chi connectivity index (χ3v) is 4.83. The van der Waals surface area contributed by atoms with Crippen molar-refractivity contribution in [2.45, 2.75) is 19.8 Å². The van der Waals surface area contributed by atoms with Crippen LogP contribution in [0, 0.1) is 0 Å². The SMILES string of the molecule is CNC(=O)c1nc(-c2ccccc2)c(-c2n[nH]c(=O)cc2C(C)C)s1. The van der Waals surface area contributed by atoms with Crippen LogP contribution >= 0.6 is 11.3 Å². The Kier molecular flexibility index (Phi) is 4.76. The van der Waals surface area contributed by atoms with Gasteiger partial charge in [-0.2, -0.15) is 5.10 Å². The van der Waals surface area contributed by atoms with Crippen LogP contribution in [-0.4, -0.2) is 28.1 Å². The standard InChI is InChI=1S/C18H18N4O2S/c1-10(2)12-9-13(23)21-22-15(12)16-14(11-7-5-4-6-8-11)20-18(25-16)17(24)19-3/h4-10H,1-3H3,(H,19,24)(H,21,23). The van der Waals surface area contributed by atoms with Crippen LogP contribution in [0.3, 0.4) is 0 Å². The third kappa shape index (κ3) is 3.36. The highest BCUT2D eigenvalue weighted by atomic mass is 32.1. The maximum Gasteiger partial charge on any atom is 0.280 e. The van der Waals surface area contributed by atoms with Gasteiger partial charge in [0.2, 0.25) is 0 Å². The van der Waals surface area contributed by atoms with Gasteiger partial charge >= 0.3 is 0 Å². The van der Waals surface area contributed by atoms with E-state index in [0.717, 1.165) is 16.0 Å². The largest absolute Gasteiger partial charge is 0.353 e. The summed E-state index contributed by atoms with van der Waals surface area (Å²) in [5, 5.41) is 9.72. The van der Waals surface area contributed by atoms with Crippen LogP contribution in [0.1, 0.15) is 35.1 Å². The molecule has 128 valence electrons. The molecule has 1 amide bonds. The van der Waals surface area contributed by atoms with Crippen molar-refractivity contribution in [1.29, 1.82) is 0 Å². The molecule has 0 saturated heterocycles. The Bertz CT molecular complexity index is 961. The average Bonchev–Trinajstić information content (AvgIpc) is 3.07. The van der Waals surface area contributed by atoms with E-state index in [2.05, 4.69) is 20.5 Å². The van der Waals surface area contributed by atoms with Gasteiger partial charge in [-0.3, -0.25) is 9.59 Å². The molecule has 3 rings (SSSR count). The van der Waals surface area contributed by atoms with Gasteiger partial charge in [0.15, 0.2) is 5.01 Å². The topological polar surface area (TPSA) is 87.7 Å². The van der Waals surface area contributed by atoms with E-state index in [1.54, 1.807) is 13.1 Å². The Morgan fingerprint density at radius 1 is 1.20 bits per heavy atom. The van der Waals surface area contributed by atoms with E-state index >= 15 is 0 Å². The minimum atomic E-state index is -0.246. The van der Waals surface area contributed by atoms with Crippen molar-refractivity contribution >= 4 is 17.2 Å². The van der Waals surface area contributed by atoms with Crippen molar-refractivity contribution in [3.05, 3.63) is 57.3 Å². The number of amides is 1. The Morgan fingerprint density at radius 3 is 2.56 bits per heavy atom. The molecule has 2 aromatic heterocycles. The lowest BCUT2D eigenvalue weighted by Crippen LogP contribution is -2.17. The highest BCUT2D eigenvalue weighted by molar-refractivity contribution is 7.17. The number of benzene rings is 1. The lowest BCUT2D eigenvalue weighted by atomic mass is 10.00. The lowest BCUT2D eigenvalue weighted by molar-refractivity contribution is 0.0963. The molecular weight excluding hydrogens is 336 g/mol. The van der Waals surface area contributed by atoms with Gasteiger partial charge in [0.1, 0.15) is 5.69 Å². The predicted molar refractivity (Wildman–Crippen MR) is 98.9 cm³/mol. The first-order valence-corrected chi connectivity index (χ1v) is 8.71. The summed E-state index contributed by atoms with van der Waals surface area (Å²) < 4.78 is 0. The Morgan fingerprint density at radius 2 is 1.92 bits per heavy atom. The monoisotopic (exact) mass is 354 g/mol. The number of aromatic amines is 1. The molecular formula is C18H18N4O2S. The first-order valence-electron chi connectivity index (χ1n) is 7.89. The number of carbonyl (C=O) groups is 1. The second kappa shape index (κ2) is 6.98. The zero-order valence-electron chi connectivity index (χ0n) is 14.2. The van der Waals surface area contributed by atoms with E-state index < -0.39 is 0 Å². The Hall–Kier alpha value is -2.80. The van der Waals surface area contributed by atoms with Crippen molar-refractivity contribution in [1.82, 2.24) is 20.5 Å². The minimum absolute atomic E-state index is 0.110. The third-order valence-electron chi connectivity index (χ3n) is 3.77. The predicted octanol–water partition coefficient (Wildman–Crippen LogP) is 3.04. The van der Waals surface area contributed by atoms with Gasteiger partial charge in [0, 0.05) is 18.7 Å². The normalized spacial score (nSPS) is 10.9. The maximum atomic E-state index is 12.1. The van der Waals surface area contributed by atoms with Gasteiger partial charge in [-0.1, -0.05) is 44.2 Å². The first-order chi connectivity index (χ1) is 12.0. The molecule has 0 aliphatic carbocycles. The number of carbonyl (C=O) groups excluding carboxylic acids is 1. The van der Waals surface area contributed by atoms with Gasteiger partial charge in [-0.25, -0.2) is 10.1 Å². The van der Waals surface area contributed by atoms with Crippen LogP contribution in [0.5, 0.6) is 0 Å². The van der Waals surface area contributed by atoms with E-state index in [9.17, 15) is 9.59 Å². The summed E-state index contributed by atoms with van der Waals surface area (Å²) in [6.07, 6.45) is 0. The summed E-state index contributed by atoms with van der Waals surface area (Å²) in [6, 6.07) is 11.2. The van der Waals surface area contributed by atoms with Gasteiger partial charge in [-0.05, 0) is 11.5 Å². The van der Waals surface area contributed by atoms with Crippen LogP contribution in [-0.2, 0) is 0 Å². The van der Waals surface area contributed by atoms with Crippen molar-refractivity contribution < 1.29 is 4.79 Å². The van der Waals surface area contributed by atoms with Crippen molar-refractivity contribution in [3.63, 3.8) is 0 Å². The molecule has 3 aromatic rings. The van der Waals surface area contributed by atoms with Gasteiger partial charge in [-0.15, -0.1) is 11.3 Å². The van der Waals surface area contributed by atoms with Crippen LogP contribution in [0.4, 0.5) is 0 Å². The van der Waals surface area contributed by atoms with Gasteiger partial charge in [0.25, 0.3) is 11.5 Å². The fourth-order valence-corrected chi connectivity index (χ4v) is 3.56. The first kappa shape index (κ1) is 17.0. The number of rotatable bonds is 4. The fourth-order valence-electron chi connectivity index (χ4n) is 2.52. The van der Waals surface area contributed by atoms with E-state index in [1.807, 2.05) is 44.2 Å². The quantitative estimate of drug-likeness (QED) is 0.754. The number of H-pyrrole nitrogens is 1. The van der Waals surface area contributed by atoms with Gasteiger partial charge in [0.05, 0.1) is 10.6 Å². The van der Waals surface area contributed by atoms with E-state index in [1.165, 1.54) is 11.3 Å². The molecule has 0 spiro atoms. The second-order valence-corrected chi connectivity index (χ2v) is 6.83. The molecule has 0 aliphatic heterocycles. The molecule has 0 atom stereocenters. The van der Waals surface area contributed by atoms with Crippen molar-refractivity contribution in [2.75, 3.05) is 7.05 Å². The highest BCUT2D eigenvalue weighted by Gasteiger charge is 2.22. The molecule has 0 unspecified atom stereocenters. The highest BCUT2D eigenvalue weighted by Crippen LogP contribution is 2.38. The number of thiazole rings is 1. The summed E-state index contributed by atoms with van der Waals surface area (Å²) in [4.78, 5) is 29.1. The Labute approximate surface area is 149 Å². The number of nitrogens with one attached hydrogen (secondary N) is 2. The molecule has 0 fully saturated rings. The average molecular weight is 354 g/mol.